The van der Waals surface area contributed by atoms with Crippen molar-refractivity contribution in [1.82, 2.24) is 5.32 Å². The molecule has 0 saturated carbocycles. The molecule has 1 aromatic carbocycles. The van der Waals surface area contributed by atoms with Crippen LogP contribution in [0.2, 0.25) is 0 Å². The molecule has 0 bridgehead atoms. The average molecular weight is 240 g/mol. The molecular weight excluding hydrogens is 226 g/mol. The van der Waals surface area contributed by atoms with Crippen LogP contribution in [0.4, 0.5) is 0 Å². The second kappa shape index (κ2) is 5.95. The Hall–Kier alpha value is -0.600. The lowest BCUT2D eigenvalue weighted by Crippen LogP contribution is -2.13. The van der Waals surface area contributed by atoms with Crippen LogP contribution in [-0.2, 0) is 6.54 Å². The summed E-state index contributed by atoms with van der Waals surface area (Å²) in [5.74, 6) is 0. The minimum Gasteiger partial charge on any atom is -0.312 e. The molecule has 1 N–H and O–H groups in total. The van der Waals surface area contributed by atoms with Gasteiger partial charge >= 0.3 is 0 Å². The van der Waals surface area contributed by atoms with Crippen LogP contribution < -0.4 is 5.32 Å². The van der Waals surface area contributed by atoms with Gasteiger partial charge in [-0.15, -0.1) is 6.58 Å². The summed E-state index contributed by atoms with van der Waals surface area (Å²) in [6, 6.07) is 8.35. The molecule has 0 fully saturated rings. The molecule has 0 spiro atoms. The Morgan fingerprint density at radius 2 is 2.00 bits per heavy atom. The molecule has 0 atom stereocenters. The van der Waals surface area contributed by atoms with Gasteiger partial charge in [0.15, 0.2) is 0 Å². The molecular formula is C11H14BrN. The van der Waals surface area contributed by atoms with Gasteiger partial charge in [-0.05, 0) is 30.7 Å². The first-order valence-corrected chi connectivity index (χ1v) is 5.18. The molecule has 0 saturated heterocycles. The van der Waals surface area contributed by atoms with E-state index in [-0.39, 0.29) is 0 Å². The highest BCUT2D eigenvalue weighted by Crippen LogP contribution is 2.09. The number of halogens is 1. The smallest absolute Gasteiger partial charge is 0.0205 e. The van der Waals surface area contributed by atoms with Gasteiger partial charge in [-0.2, -0.15) is 0 Å². The molecule has 0 amide bonds. The van der Waals surface area contributed by atoms with E-state index in [0.29, 0.717) is 0 Å². The number of benzene rings is 1. The summed E-state index contributed by atoms with van der Waals surface area (Å²) in [6.07, 6.45) is 2.95. The van der Waals surface area contributed by atoms with E-state index >= 15 is 0 Å². The van der Waals surface area contributed by atoms with Crippen molar-refractivity contribution < 1.29 is 0 Å². The van der Waals surface area contributed by atoms with E-state index in [2.05, 4.69) is 52.1 Å². The van der Waals surface area contributed by atoms with Crippen molar-refractivity contribution in [2.45, 2.75) is 13.0 Å². The van der Waals surface area contributed by atoms with Gasteiger partial charge < -0.3 is 5.32 Å². The molecule has 1 nitrogen and oxygen atoms in total. The third kappa shape index (κ3) is 4.25. The maximum Gasteiger partial charge on any atom is 0.0205 e. The zero-order valence-corrected chi connectivity index (χ0v) is 9.18. The first-order valence-electron chi connectivity index (χ1n) is 4.39. The second-order valence-corrected chi connectivity index (χ2v) is 3.80. The zero-order valence-electron chi connectivity index (χ0n) is 7.59. The SMILES string of the molecule is C=CCCNCc1ccc(Br)cc1. The van der Waals surface area contributed by atoms with Crippen LogP contribution in [0.15, 0.2) is 41.4 Å². The van der Waals surface area contributed by atoms with E-state index in [9.17, 15) is 0 Å². The Kier molecular flexibility index (Phi) is 4.79. The van der Waals surface area contributed by atoms with Crippen LogP contribution in [0, 0.1) is 0 Å². The van der Waals surface area contributed by atoms with Crippen LogP contribution >= 0.6 is 15.9 Å². The van der Waals surface area contributed by atoms with Crippen LogP contribution in [0.1, 0.15) is 12.0 Å². The molecule has 13 heavy (non-hydrogen) atoms. The van der Waals surface area contributed by atoms with Crippen molar-refractivity contribution in [2.75, 3.05) is 6.54 Å². The topological polar surface area (TPSA) is 12.0 Å². The maximum absolute atomic E-state index is 3.67. The van der Waals surface area contributed by atoms with Crippen LogP contribution in [0.3, 0.4) is 0 Å². The first-order chi connectivity index (χ1) is 6.33. The predicted molar refractivity (Wildman–Crippen MR) is 60.7 cm³/mol. The van der Waals surface area contributed by atoms with Gasteiger partial charge in [0, 0.05) is 11.0 Å². The molecule has 0 aliphatic heterocycles. The second-order valence-electron chi connectivity index (χ2n) is 2.88. The van der Waals surface area contributed by atoms with Gasteiger partial charge in [-0.1, -0.05) is 34.1 Å². The van der Waals surface area contributed by atoms with Crippen molar-refractivity contribution in [3.05, 3.63) is 47.0 Å². The van der Waals surface area contributed by atoms with Gasteiger partial charge in [0.1, 0.15) is 0 Å². The van der Waals surface area contributed by atoms with Crippen molar-refractivity contribution in [3.8, 4) is 0 Å². The number of rotatable bonds is 5. The summed E-state index contributed by atoms with van der Waals surface area (Å²) < 4.78 is 1.13. The quantitative estimate of drug-likeness (QED) is 0.616. The largest absolute Gasteiger partial charge is 0.312 e. The fourth-order valence-electron chi connectivity index (χ4n) is 1.04. The van der Waals surface area contributed by atoms with E-state index in [4.69, 9.17) is 0 Å². The van der Waals surface area contributed by atoms with Gasteiger partial charge in [-0.3, -0.25) is 0 Å². The zero-order chi connectivity index (χ0) is 9.52. The number of hydrogen-bond acceptors (Lipinski definition) is 1. The molecule has 0 unspecified atom stereocenters. The molecule has 0 radical (unpaired) electrons. The van der Waals surface area contributed by atoms with E-state index < -0.39 is 0 Å². The number of hydrogen-bond donors (Lipinski definition) is 1. The van der Waals surface area contributed by atoms with Crippen molar-refractivity contribution in [3.63, 3.8) is 0 Å². The molecule has 2 heteroatoms. The molecule has 1 aromatic rings. The summed E-state index contributed by atoms with van der Waals surface area (Å²) in [7, 11) is 0. The highest BCUT2D eigenvalue weighted by Gasteiger charge is 1.91. The Balaban J connectivity index is 2.28. The Morgan fingerprint density at radius 1 is 1.31 bits per heavy atom. The fraction of sp³-hybridized carbons (Fsp3) is 0.273. The monoisotopic (exact) mass is 239 g/mol. The predicted octanol–water partition coefficient (Wildman–Crippen LogP) is 3.11. The van der Waals surface area contributed by atoms with Gasteiger partial charge in [0.25, 0.3) is 0 Å². The van der Waals surface area contributed by atoms with E-state index in [1.807, 2.05) is 6.08 Å². The van der Waals surface area contributed by atoms with Crippen LogP contribution in [-0.4, -0.2) is 6.54 Å². The van der Waals surface area contributed by atoms with Gasteiger partial charge in [0.05, 0.1) is 0 Å². The Morgan fingerprint density at radius 3 is 2.62 bits per heavy atom. The summed E-state index contributed by atoms with van der Waals surface area (Å²) in [4.78, 5) is 0. The first kappa shape index (κ1) is 10.5. The third-order valence-corrected chi connectivity index (χ3v) is 2.30. The Bertz CT molecular complexity index is 253. The van der Waals surface area contributed by atoms with Crippen molar-refractivity contribution in [1.29, 1.82) is 0 Å². The van der Waals surface area contributed by atoms with Crippen LogP contribution in [0.5, 0.6) is 0 Å². The number of nitrogens with one attached hydrogen (secondary N) is 1. The molecule has 1 rings (SSSR count). The normalized spacial score (nSPS) is 9.92. The average Bonchev–Trinajstić information content (AvgIpc) is 2.15. The molecule has 0 heterocycles. The summed E-state index contributed by atoms with van der Waals surface area (Å²) in [5.41, 5.74) is 1.31. The fourth-order valence-corrected chi connectivity index (χ4v) is 1.30. The third-order valence-electron chi connectivity index (χ3n) is 1.77. The standard InChI is InChI=1S/C11H14BrN/c1-2-3-8-13-9-10-4-6-11(12)7-5-10/h2,4-7,13H,1,3,8-9H2. The van der Waals surface area contributed by atoms with Gasteiger partial charge in [-0.25, -0.2) is 0 Å². The highest BCUT2D eigenvalue weighted by atomic mass is 79.9. The summed E-state index contributed by atoms with van der Waals surface area (Å²) >= 11 is 3.40. The maximum atomic E-state index is 3.67. The molecule has 70 valence electrons. The highest BCUT2D eigenvalue weighted by molar-refractivity contribution is 9.10. The summed E-state index contributed by atoms with van der Waals surface area (Å²) in [5, 5.41) is 3.34. The van der Waals surface area contributed by atoms with E-state index in [1.165, 1.54) is 5.56 Å². The Labute approximate surface area is 88.0 Å². The van der Waals surface area contributed by atoms with E-state index in [1.54, 1.807) is 0 Å². The molecule has 0 aromatic heterocycles. The molecule has 0 aliphatic rings. The van der Waals surface area contributed by atoms with Crippen LogP contribution in [0.25, 0.3) is 0 Å². The molecule has 0 aliphatic carbocycles. The van der Waals surface area contributed by atoms with E-state index in [0.717, 1.165) is 24.0 Å². The van der Waals surface area contributed by atoms with Gasteiger partial charge in [0.2, 0.25) is 0 Å². The lowest BCUT2D eigenvalue weighted by Gasteiger charge is -2.02. The summed E-state index contributed by atoms with van der Waals surface area (Å²) in [6.45, 7) is 5.60. The minimum absolute atomic E-state index is 0.932. The lowest BCUT2D eigenvalue weighted by atomic mass is 10.2. The minimum atomic E-state index is 0.932. The van der Waals surface area contributed by atoms with Crippen molar-refractivity contribution in [2.24, 2.45) is 0 Å². The lowest BCUT2D eigenvalue weighted by molar-refractivity contribution is 0.696. The van der Waals surface area contributed by atoms with Crippen molar-refractivity contribution >= 4 is 15.9 Å².